The number of aryl methyl sites for hydroxylation is 1. The number of hydrazone groups is 1. The minimum atomic E-state index is -0.831. The summed E-state index contributed by atoms with van der Waals surface area (Å²) in [6.45, 7) is 2.23. The maximum atomic E-state index is 13.1. The molecule has 0 aliphatic carbocycles. The van der Waals surface area contributed by atoms with Gasteiger partial charge in [-0.1, -0.05) is 42.0 Å². The van der Waals surface area contributed by atoms with Crippen molar-refractivity contribution in [3.63, 3.8) is 0 Å². The second-order valence-electron chi connectivity index (χ2n) is 6.06. The second-order valence-corrected chi connectivity index (χ2v) is 6.06. The first kappa shape index (κ1) is 18.9. The number of amides is 1. The van der Waals surface area contributed by atoms with Crippen LogP contribution in [-0.4, -0.2) is 26.8 Å². The van der Waals surface area contributed by atoms with Crippen molar-refractivity contribution in [2.45, 2.75) is 13.5 Å². The van der Waals surface area contributed by atoms with Gasteiger partial charge in [0.15, 0.2) is 0 Å². The SMILES string of the molecule is Cc1ccc(Cn2cc([N+](=O)[O-])c(C(=O)N/N=C/c3cccc(F)c3)n2)cc1. The van der Waals surface area contributed by atoms with E-state index in [1.807, 2.05) is 31.2 Å². The Morgan fingerprint density at radius 1 is 1.32 bits per heavy atom. The Hall–Kier alpha value is -3.88. The molecule has 0 saturated heterocycles. The number of aromatic nitrogens is 2. The molecule has 8 nitrogen and oxygen atoms in total. The van der Waals surface area contributed by atoms with E-state index in [4.69, 9.17) is 0 Å². The van der Waals surface area contributed by atoms with Gasteiger partial charge in [-0.05, 0) is 30.2 Å². The van der Waals surface area contributed by atoms with E-state index in [0.29, 0.717) is 5.56 Å². The zero-order valence-electron chi connectivity index (χ0n) is 14.9. The Bertz CT molecular complexity index is 1040. The van der Waals surface area contributed by atoms with E-state index < -0.39 is 22.3 Å². The van der Waals surface area contributed by atoms with Crippen LogP contribution in [0.2, 0.25) is 0 Å². The lowest BCUT2D eigenvalue weighted by Gasteiger charge is -2.01. The highest BCUT2D eigenvalue weighted by atomic mass is 19.1. The van der Waals surface area contributed by atoms with E-state index in [0.717, 1.165) is 11.1 Å². The number of nitrogens with zero attached hydrogens (tertiary/aromatic N) is 4. The van der Waals surface area contributed by atoms with Crippen LogP contribution in [0.25, 0.3) is 0 Å². The highest BCUT2D eigenvalue weighted by molar-refractivity contribution is 5.96. The molecule has 1 N–H and O–H groups in total. The quantitative estimate of drug-likeness (QED) is 0.403. The van der Waals surface area contributed by atoms with Gasteiger partial charge in [-0.2, -0.15) is 10.2 Å². The molecular formula is C19H16FN5O3. The third-order valence-electron chi connectivity index (χ3n) is 3.85. The van der Waals surface area contributed by atoms with E-state index >= 15 is 0 Å². The number of hydrogen-bond donors (Lipinski definition) is 1. The van der Waals surface area contributed by atoms with Crippen LogP contribution in [-0.2, 0) is 6.54 Å². The lowest BCUT2D eigenvalue weighted by molar-refractivity contribution is -0.385. The molecule has 0 radical (unpaired) electrons. The smallest absolute Gasteiger partial charge is 0.265 e. The first-order valence-electron chi connectivity index (χ1n) is 8.29. The summed E-state index contributed by atoms with van der Waals surface area (Å²) in [5, 5.41) is 19.0. The van der Waals surface area contributed by atoms with Crippen LogP contribution in [0.5, 0.6) is 0 Å². The molecule has 3 aromatic rings. The van der Waals surface area contributed by atoms with E-state index in [1.165, 1.54) is 35.3 Å². The molecule has 0 bridgehead atoms. The zero-order valence-corrected chi connectivity index (χ0v) is 14.9. The zero-order chi connectivity index (χ0) is 20.1. The number of benzene rings is 2. The van der Waals surface area contributed by atoms with Crippen molar-refractivity contribution >= 4 is 17.8 Å². The van der Waals surface area contributed by atoms with Gasteiger partial charge in [-0.25, -0.2) is 9.82 Å². The summed E-state index contributed by atoms with van der Waals surface area (Å²) < 4.78 is 14.5. The third kappa shape index (κ3) is 4.64. The topological polar surface area (TPSA) is 102 Å². The van der Waals surface area contributed by atoms with Crippen molar-refractivity contribution in [3.8, 4) is 0 Å². The van der Waals surface area contributed by atoms with E-state index in [2.05, 4.69) is 15.6 Å². The first-order valence-corrected chi connectivity index (χ1v) is 8.29. The van der Waals surface area contributed by atoms with Gasteiger partial charge in [0.05, 0.1) is 17.7 Å². The Balaban J connectivity index is 1.76. The number of rotatable bonds is 6. The van der Waals surface area contributed by atoms with Crippen molar-refractivity contribution in [1.29, 1.82) is 0 Å². The van der Waals surface area contributed by atoms with E-state index in [1.54, 1.807) is 6.07 Å². The van der Waals surface area contributed by atoms with Gasteiger partial charge in [0.25, 0.3) is 5.91 Å². The van der Waals surface area contributed by atoms with Gasteiger partial charge in [-0.3, -0.25) is 19.6 Å². The summed E-state index contributed by atoms with van der Waals surface area (Å²) in [7, 11) is 0. The normalized spacial score (nSPS) is 10.9. The van der Waals surface area contributed by atoms with E-state index in [-0.39, 0.29) is 12.2 Å². The van der Waals surface area contributed by atoms with Crippen LogP contribution in [0, 0.1) is 22.9 Å². The summed E-state index contributed by atoms with van der Waals surface area (Å²) in [6.07, 6.45) is 2.43. The molecule has 3 rings (SSSR count). The van der Waals surface area contributed by atoms with Gasteiger partial charge < -0.3 is 0 Å². The van der Waals surface area contributed by atoms with Crippen molar-refractivity contribution < 1.29 is 14.1 Å². The van der Waals surface area contributed by atoms with Crippen molar-refractivity contribution in [1.82, 2.24) is 15.2 Å². The molecule has 0 saturated carbocycles. The summed E-state index contributed by atoms with van der Waals surface area (Å²) >= 11 is 0. The van der Waals surface area contributed by atoms with Gasteiger partial charge >= 0.3 is 5.69 Å². The van der Waals surface area contributed by atoms with Gasteiger partial charge in [0, 0.05) is 0 Å². The molecule has 0 aliphatic rings. The molecule has 28 heavy (non-hydrogen) atoms. The number of nitrogens with one attached hydrogen (secondary N) is 1. The minimum Gasteiger partial charge on any atom is -0.265 e. The van der Waals surface area contributed by atoms with Crippen LogP contribution in [0.15, 0.2) is 59.8 Å². The average Bonchev–Trinajstić information content (AvgIpc) is 3.08. The van der Waals surface area contributed by atoms with Gasteiger partial charge in [0.1, 0.15) is 12.0 Å². The van der Waals surface area contributed by atoms with Crippen LogP contribution in [0.4, 0.5) is 10.1 Å². The molecule has 1 aromatic heterocycles. The summed E-state index contributed by atoms with van der Waals surface area (Å²) in [5.74, 6) is -1.28. The number of nitro groups is 1. The lowest BCUT2D eigenvalue weighted by Crippen LogP contribution is -2.19. The maximum Gasteiger partial charge on any atom is 0.320 e. The second kappa shape index (κ2) is 8.21. The van der Waals surface area contributed by atoms with Crippen LogP contribution in [0.3, 0.4) is 0 Å². The Labute approximate surface area is 159 Å². The first-order chi connectivity index (χ1) is 13.4. The van der Waals surface area contributed by atoms with E-state index in [9.17, 15) is 19.3 Å². The highest BCUT2D eigenvalue weighted by Gasteiger charge is 2.25. The molecular weight excluding hydrogens is 365 g/mol. The fraction of sp³-hybridized carbons (Fsp3) is 0.105. The molecule has 0 atom stereocenters. The lowest BCUT2D eigenvalue weighted by atomic mass is 10.1. The standard InChI is InChI=1S/C19H16FN5O3/c1-13-5-7-14(8-6-13)11-24-12-17(25(27)28)18(23-24)19(26)22-21-10-15-3-2-4-16(20)9-15/h2-10,12H,11H2,1H3,(H,22,26)/b21-10+. The molecule has 0 aliphatic heterocycles. The fourth-order valence-corrected chi connectivity index (χ4v) is 2.47. The van der Waals surface area contributed by atoms with Crippen LogP contribution < -0.4 is 5.43 Å². The minimum absolute atomic E-state index is 0.279. The molecule has 9 heteroatoms. The average molecular weight is 381 g/mol. The van der Waals surface area contributed by atoms with Crippen molar-refractivity contribution in [3.05, 3.63) is 93.0 Å². The van der Waals surface area contributed by atoms with Gasteiger partial charge in [0.2, 0.25) is 5.69 Å². The van der Waals surface area contributed by atoms with Crippen molar-refractivity contribution in [2.75, 3.05) is 0 Å². The predicted molar refractivity (Wildman–Crippen MR) is 101 cm³/mol. The summed E-state index contributed by atoms with van der Waals surface area (Å²) in [5.41, 5.74) is 3.80. The summed E-state index contributed by atoms with van der Waals surface area (Å²) in [6, 6.07) is 13.2. The molecule has 0 fully saturated rings. The number of halogens is 1. The molecule has 2 aromatic carbocycles. The van der Waals surface area contributed by atoms with Crippen LogP contribution in [0.1, 0.15) is 27.2 Å². The van der Waals surface area contributed by atoms with Crippen LogP contribution >= 0.6 is 0 Å². The Morgan fingerprint density at radius 3 is 2.75 bits per heavy atom. The highest BCUT2D eigenvalue weighted by Crippen LogP contribution is 2.18. The molecule has 1 amide bonds. The molecule has 1 heterocycles. The predicted octanol–water partition coefficient (Wildman–Crippen LogP) is 3.05. The van der Waals surface area contributed by atoms with Gasteiger partial charge in [-0.15, -0.1) is 0 Å². The van der Waals surface area contributed by atoms with Crippen molar-refractivity contribution in [2.24, 2.45) is 5.10 Å². The monoisotopic (exact) mass is 381 g/mol. The molecule has 0 spiro atoms. The summed E-state index contributed by atoms with van der Waals surface area (Å²) in [4.78, 5) is 22.8. The largest absolute Gasteiger partial charge is 0.320 e. The number of carbonyl (C=O) groups is 1. The Morgan fingerprint density at radius 2 is 2.07 bits per heavy atom. The third-order valence-corrected chi connectivity index (χ3v) is 3.85. The number of hydrogen-bond acceptors (Lipinski definition) is 5. The maximum absolute atomic E-state index is 13.1. The molecule has 142 valence electrons. The molecule has 0 unspecified atom stereocenters. The Kier molecular flexibility index (Phi) is 5.54. The fourth-order valence-electron chi connectivity index (χ4n) is 2.47. The number of carbonyl (C=O) groups excluding carboxylic acids is 1.